The zero-order chi connectivity index (χ0) is 13.3. The van der Waals surface area contributed by atoms with E-state index in [1.165, 1.54) is 0 Å². The molecule has 0 amide bonds. The van der Waals surface area contributed by atoms with Gasteiger partial charge in [-0.15, -0.1) is 0 Å². The van der Waals surface area contributed by atoms with E-state index in [4.69, 9.17) is 0 Å². The maximum absolute atomic E-state index is 12.3. The Morgan fingerprint density at radius 2 is 2.00 bits per heavy atom. The molecule has 1 aromatic rings. The van der Waals surface area contributed by atoms with Crippen LogP contribution in [-0.4, -0.2) is 40.5 Å². The fourth-order valence-electron chi connectivity index (χ4n) is 2.44. The van der Waals surface area contributed by atoms with E-state index in [2.05, 4.69) is 4.90 Å². The average Bonchev–Trinajstić information content (AvgIpc) is 2.69. The Kier molecular flexibility index (Phi) is 3.55. The van der Waals surface area contributed by atoms with Crippen LogP contribution in [-0.2, 0) is 0 Å². The molecule has 1 fully saturated rings. The van der Waals surface area contributed by atoms with Crippen LogP contribution in [0, 0.1) is 6.92 Å². The molecule has 1 heterocycles. The monoisotopic (exact) mass is 247 g/mol. The Labute approximate surface area is 108 Å². The standard InChI is InChI=1S/C15H21NO2/c1-11-4-6-13(7-5-11)14(17)12(2)16-9-8-15(3,18)10-16/h4-7,12,18H,8-10H2,1-3H3. The zero-order valence-corrected chi connectivity index (χ0v) is 11.3. The molecule has 3 nitrogen and oxygen atoms in total. The summed E-state index contributed by atoms with van der Waals surface area (Å²) in [6, 6.07) is 7.51. The van der Waals surface area contributed by atoms with Crippen molar-refractivity contribution in [3.05, 3.63) is 35.4 Å². The number of hydrogen-bond acceptors (Lipinski definition) is 3. The molecular weight excluding hydrogens is 226 g/mol. The van der Waals surface area contributed by atoms with Gasteiger partial charge < -0.3 is 5.11 Å². The molecule has 3 heteroatoms. The minimum Gasteiger partial charge on any atom is -0.389 e. The summed E-state index contributed by atoms with van der Waals surface area (Å²) in [7, 11) is 0. The second-order valence-corrected chi connectivity index (χ2v) is 5.62. The summed E-state index contributed by atoms with van der Waals surface area (Å²) in [4.78, 5) is 14.4. The summed E-state index contributed by atoms with van der Waals surface area (Å²) in [5.41, 5.74) is 1.25. The summed E-state index contributed by atoms with van der Waals surface area (Å²) >= 11 is 0. The molecule has 1 aromatic carbocycles. The van der Waals surface area contributed by atoms with Crippen LogP contribution >= 0.6 is 0 Å². The van der Waals surface area contributed by atoms with Crippen LogP contribution in [0.5, 0.6) is 0 Å². The maximum atomic E-state index is 12.3. The predicted molar refractivity (Wildman–Crippen MR) is 71.8 cm³/mol. The number of aryl methyl sites for hydroxylation is 1. The first-order chi connectivity index (χ1) is 8.39. The van der Waals surface area contributed by atoms with Crippen LogP contribution in [0.15, 0.2) is 24.3 Å². The van der Waals surface area contributed by atoms with Crippen LogP contribution in [0.25, 0.3) is 0 Å². The van der Waals surface area contributed by atoms with Crippen LogP contribution in [0.4, 0.5) is 0 Å². The van der Waals surface area contributed by atoms with E-state index in [0.717, 1.165) is 24.1 Å². The number of Topliss-reactive ketones (excluding diaryl/α,β-unsaturated/α-hetero) is 1. The van der Waals surface area contributed by atoms with E-state index in [-0.39, 0.29) is 11.8 Å². The molecule has 0 bridgehead atoms. The number of carbonyl (C=O) groups excluding carboxylic acids is 1. The van der Waals surface area contributed by atoms with Gasteiger partial charge in [0.25, 0.3) is 0 Å². The average molecular weight is 247 g/mol. The summed E-state index contributed by atoms with van der Waals surface area (Å²) in [6.07, 6.45) is 0.735. The highest BCUT2D eigenvalue weighted by Crippen LogP contribution is 2.23. The van der Waals surface area contributed by atoms with Gasteiger partial charge in [0.15, 0.2) is 5.78 Å². The molecule has 1 saturated heterocycles. The SMILES string of the molecule is Cc1ccc(C(=O)C(C)N2CCC(C)(O)C2)cc1. The van der Waals surface area contributed by atoms with Gasteiger partial charge in [0.1, 0.15) is 0 Å². The van der Waals surface area contributed by atoms with E-state index in [1.54, 1.807) is 0 Å². The number of β-amino-alcohol motifs (C(OH)–C–C–N with tert-alkyl or cyclic N) is 1. The molecule has 1 aliphatic heterocycles. The number of ketones is 1. The highest BCUT2D eigenvalue weighted by atomic mass is 16.3. The molecule has 0 saturated carbocycles. The Bertz CT molecular complexity index is 436. The van der Waals surface area contributed by atoms with E-state index < -0.39 is 5.60 Å². The molecule has 0 aliphatic carbocycles. The number of nitrogens with zero attached hydrogens (tertiary/aromatic N) is 1. The third kappa shape index (κ3) is 2.79. The molecule has 2 unspecified atom stereocenters. The third-order valence-corrected chi connectivity index (χ3v) is 3.74. The fraction of sp³-hybridized carbons (Fsp3) is 0.533. The van der Waals surface area contributed by atoms with Crippen molar-refractivity contribution in [2.45, 2.75) is 38.8 Å². The van der Waals surface area contributed by atoms with Gasteiger partial charge in [0.2, 0.25) is 0 Å². The Hall–Kier alpha value is -1.19. The minimum absolute atomic E-state index is 0.132. The summed E-state index contributed by atoms with van der Waals surface area (Å²) in [5.74, 6) is 0.132. The van der Waals surface area contributed by atoms with Crippen LogP contribution in [0.1, 0.15) is 36.2 Å². The summed E-state index contributed by atoms with van der Waals surface area (Å²) < 4.78 is 0. The first kappa shape index (κ1) is 13.2. The lowest BCUT2D eigenvalue weighted by atomic mass is 10.0. The van der Waals surface area contributed by atoms with Gasteiger partial charge in [0.05, 0.1) is 11.6 Å². The van der Waals surface area contributed by atoms with Crippen molar-refractivity contribution in [3.63, 3.8) is 0 Å². The molecule has 2 atom stereocenters. The highest BCUT2D eigenvalue weighted by molar-refractivity contribution is 5.99. The Morgan fingerprint density at radius 1 is 1.39 bits per heavy atom. The molecule has 1 aliphatic rings. The van der Waals surface area contributed by atoms with Crippen molar-refractivity contribution in [1.29, 1.82) is 0 Å². The van der Waals surface area contributed by atoms with Crippen LogP contribution in [0.2, 0.25) is 0 Å². The second-order valence-electron chi connectivity index (χ2n) is 5.62. The van der Waals surface area contributed by atoms with Crippen LogP contribution in [0.3, 0.4) is 0 Å². The number of benzene rings is 1. The third-order valence-electron chi connectivity index (χ3n) is 3.74. The molecule has 1 N–H and O–H groups in total. The maximum Gasteiger partial charge on any atom is 0.179 e. The molecular formula is C15H21NO2. The second kappa shape index (κ2) is 4.82. The highest BCUT2D eigenvalue weighted by Gasteiger charge is 2.35. The van der Waals surface area contributed by atoms with Gasteiger partial charge in [-0.05, 0) is 27.2 Å². The normalized spacial score (nSPS) is 26.2. The first-order valence-corrected chi connectivity index (χ1v) is 6.46. The predicted octanol–water partition coefficient (Wildman–Crippen LogP) is 2.02. The molecule has 98 valence electrons. The Morgan fingerprint density at radius 3 is 2.50 bits per heavy atom. The fourth-order valence-corrected chi connectivity index (χ4v) is 2.44. The summed E-state index contributed by atoms with van der Waals surface area (Å²) in [5, 5.41) is 9.95. The molecule has 0 aromatic heterocycles. The van der Waals surface area contributed by atoms with E-state index >= 15 is 0 Å². The van der Waals surface area contributed by atoms with Gasteiger partial charge in [0, 0.05) is 18.7 Å². The molecule has 2 rings (SSSR count). The number of rotatable bonds is 3. The van der Waals surface area contributed by atoms with Crippen molar-refractivity contribution in [3.8, 4) is 0 Å². The van der Waals surface area contributed by atoms with Crippen LogP contribution < -0.4 is 0 Å². The number of aliphatic hydroxyl groups is 1. The van der Waals surface area contributed by atoms with E-state index in [0.29, 0.717) is 6.54 Å². The minimum atomic E-state index is -0.651. The van der Waals surface area contributed by atoms with Crippen molar-refractivity contribution in [1.82, 2.24) is 4.90 Å². The van der Waals surface area contributed by atoms with Gasteiger partial charge in [-0.1, -0.05) is 29.8 Å². The number of likely N-dealkylation sites (tertiary alicyclic amines) is 1. The van der Waals surface area contributed by atoms with Crippen molar-refractivity contribution >= 4 is 5.78 Å². The van der Waals surface area contributed by atoms with Crippen molar-refractivity contribution in [2.75, 3.05) is 13.1 Å². The quantitative estimate of drug-likeness (QED) is 0.831. The molecule has 0 spiro atoms. The first-order valence-electron chi connectivity index (χ1n) is 6.46. The van der Waals surface area contributed by atoms with Gasteiger partial charge in [-0.2, -0.15) is 0 Å². The van der Waals surface area contributed by atoms with E-state index in [9.17, 15) is 9.90 Å². The smallest absolute Gasteiger partial charge is 0.179 e. The lowest BCUT2D eigenvalue weighted by Crippen LogP contribution is -2.40. The largest absolute Gasteiger partial charge is 0.389 e. The van der Waals surface area contributed by atoms with Crippen molar-refractivity contribution in [2.24, 2.45) is 0 Å². The summed E-state index contributed by atoms with van der Waals surface area (Å²) in [6.45, 7) is 7.12. The van der Waals surface area contributed by atoms with Gasteiger partial charge in [-0.25, -0.2) is 0 Å². The number of carbonyl (C=O) groups is 1. The Balaban J connectivity index is 2.07. The van der Waals surface area contributed by atoms with E-state index in [1.807, 2.05) is 45.0 Å². The number of hydrogen-bond donors (Lipinski definition) is 1. The molecule has 0 radical (unpaired) electrons. The van der Waals surface area contributed by atoms with Gasteiger partial charge in [-0.3, -0.25) is 9.69 Å². The lowest BCUT2D eigenvalue weighted by molar-refractivity contribution is 0.0597. The van der Waals surface area contributed by atoms with Gasteiger partial charge >= 0.3 is 0 Å². The molecule has 18 heavy (non-hydrogen) atoms. The zero-order valence-electron chi connectivity index (χ0n) is 11.3. The van der Waals surface area contributed by atoms with Crippen molar-refractivity contribution < 1.29 is 9.90 Å². The topological polar surface area (TPSA) is 40.5 Å². The lowest BCUT2D eigenvalue weighted by Gasteiger charge is -2.24.